The van der Waals surface area contributed by atoms with Gasteiger partial charge >= 0.3 is 0 Å². The van der Waals surface area contributed by atoms with Crippen LogP contribution in [0, 0.1) is 11.8 Å². The Labute approximate surface area is 130 Å². The molecule has 0 saturated heterocycles. The van der Waals surface area contributed by atoms with Gasteiger partial charge in [-0.2, -0.15) is 0 Å². The van der Waals surface area contributed by atoms with Crippen LogP contribution in [0.5, 0.6) is 0 Å². The minimum atomic E-state index is 0.249. The highest BCUT2D eigenvalue weighted by molar-refractivity contribution is 5.90. The second kappa shape index (κ2) is 8.81. The van der Waals surface area contributed by atoms with Crippen LogP contribution in [0.15, 0.2) is 47.6 Å². The average Bonchev–Trinajstić information content (AvgIpc) is 2.37. The molecule has 0 bridgehead atoms. The van der Waals surface area contributed by atoms with E-state index in [1.807, 2.05) is 13.8 Å². The van der Waals surface area contributed by atoms with E-state index in [1.165, 1.54) is 11.1 Å². The van der Waals surface area contributed by atoms with Crippen LogP contribution in [0.4, 0.5) is 0 Å². The third kappa shape index (κ3) is 7.27. The fraction of sp³-hybridized carbons (Fsp3) is 0.550. The number of allylic oxidation sites excluding steroid dienone is 7. The molecule has 0 aliphatic heterocycles. The third-order valence-electron chi connectivity index (χ3n) is 4.11. The molecule has 0 aromatic rings. The third-order valence-corrected chi connectivity index (χ3v) is 4.11. The quantitative estimate of drug-likeness (QED) is 0.471. The van der Waals surface area contributed by atoms with E-state index >= 15 is 0 Å². The molecular weight excluding hydrogens is 256 g/mol. The molecule has 116 valence electrons. The predicted octanol–water partition coefficient (Wildman–Crippen LogP) is 5.80. The van der Waals surface area contributed by atoms with Gasteiger partial charge in [0, 0.05) is 6.42 Å². The zero-order valence-electron chi connectivity index (χ0n) is 14.1. The van der Waals surface area contributed by atoms with Crippen LogP contribution < -0.4 is 0 Å². The van der Waals surface area contributed by atoms with Gasteiger partial charge in [-0.25, -0.2) is 0 Å². The monoisotopic (exact) mass is 286 g/mol. The Morgan fingerprint density at radius 1 is 1.43 bits per heavy atom. The van der Waals surface area contributed by atoms with Crippen molar-refractivity contribution in [3.05, 3.63) is 47.6 Å². The van der Waals surface area contributed by atoms with Gasteiger partial charge in [0.15, 0.2) is 5.78 Å². The predicted molar refractivity (Wildman–Crippen MR) is 92.2 cm³/mol. The van der Waals surface area contributed by atoms with E-state index in [2.05, 4.69) is 38.7 Å². The second-order valence-electron chi connectivity index (χ2n) is 6.68. The fourth-order valence-electron chi connectivity index (χ4n) is 2.76. The van der Waals surface area contributed by atoms with Crippen molar-refractivity contribution in [1.82, 2.24) is 0 Å². The summed E-state index contributed by atoms with van der Waals surface area (Å²) in [5, 5.41) is 0. The summed E-state index contributed by atoms with van der Waals surface area (Å²) in [6.45, 7) is 12.5. The van der Waals surface area contributed by atoms with E-state index < -0.39 is 0 Å². The van der Waals surface area contributed by atoms with Gasteiger partial charge < -0.3 is 0 Å². The molecular formula is C20H30O. The fourth-order valence-corrected chi connectivity index (χ4v) is 2.76. The summed E-state index contributed by atoms with van der Waals surface area (Å²) < 4.78 is 0. The minimum Gasteiger partial charge on any atom is -0.295 e. The summed E-state index contributed by atoms with van der Waals surface area (Å²) in [6, 6.07) is 0. The van der Waals surface area contributed by atoms with E-state index in [0.717, 1.165) is 31.3 Å². The Kier molecular flexibility index (Phi) is 7.42. The first-order valence-corrected chi connectivity index (χ1v) is 8.08. The number of ketones is 1. The molecule has 1 nitrogen and oxygen atoms in total. The van der Waals surface area contributed by atoms with Crippen LogP contribution in [0.25, 0.3) is 0 Å². The zero-order chi connectivity index (χ0) is 15.8. The zero-order valence-corrected chi connectivity index (χ0v) is 14.1. The summed E-state index contributed by atoms with van der Waals surface area (Å²) in [4.78, 5) is 12.0. The standard InChI is InChI=1S/C20H30O/c1-15(2)13-20(21)14-18(5)19-11-9-16(3)7-6-8-17(4)10-12-19/h8-9,11,13,18-19H,3,6-7,10,12,14H2,1-2,4-5H3/b11-9+,17-8+/t18?,19-/m1/s1. The molecule has 0 spiro atoms. The second-order valence-corrected chi connectivity index (χ2v) is 6.68. The highest BCUT2D eigenvalue weighted by atomic mass is 16.1. The Hall–Kier alpha value is -1.37. The molecule has 1 aliphatic rings. The van der Waals surface area contributed by atoms with Crippen molar-refractivity contribution in [1.29, 1.82) is 0 Å². The first-order chi connectivity index (χ1) is 9.88. The lowest BCUT2D eigenvalue weighted by Crippen LogP contribution is -2.14. The highest BCUT2D eigenvalue weighted by Gasteiger charge is 2.17. The number of rotatable bonds is 4. The average molecular weight is 286 g/mol. The number of carbonyl (C=O) groups is 1. The molecule has 0 aromatic heterocycles. The van der Waals surface area contributed by atoms with Crippen molar-refractivity contribution in [2.45, 2.75) is 59.8 Å². The van der Waals surface area contributed by atoms with Crippen LogP contribution in [0.3, 0.4) is 0 Å². The van der Waals surface area contributed by atoms with E-state index in [1.54, 1.807) is 6.08 Å². The molecule has 0 saturated carbocycles. The molecule has 1 heteroatoms. The molecule has 0 heterocycles. The van der Waals surface area contributed by atoms with Crippen LogP contribution in [-0.2, 0) is 4.79 Å². The first-order valence-electron chi connectivity index (χ1n) is 8.08. The van der Waals surface area contributed by atoms with Crippen LogP contribution in [0.2, 0.25) is 0 Å². The lowest BCUT2D eigenvalue weighted by molar-refractivity contribution is -0.115. The highest BCUT2D eigenvalue weighted by Crippen LogP contribution is 2.27. The Morgan fingerprint density at radius 3 is 2.81 bits per heavy atom. The Bertz CT molecular complexity index is 458. The molecule has 0 fully saturated rings. The first kappa shape index (κ1) is 17.7. The van der Waals surface area contributed by atoms with Gasteiger partial charge in [0.25, 0.3) is 0 Å². The summed E-state index contributed by atoms with van der Waals surface area (Å²) in [7, 11) is 0. The topological polar surface area (TPSA) is 17.1 Å². The van der Waals surface area contributed by atoms with E-state index in [0.29, 0.717) is 18.3 Å². The smallest absolute Gasteiger partial charge is 0.155 e. The van der Waals surface area contributed by atoms with Gasteiger partial charge in [0.2, 0.25) is 0 Å². The van der Waals surface area contributed by atoms with Crippen molar-refractivity contribution in [2.24, 2.45) is 11.8 Å². The normalized spacial score (nSPS) is 25.4. The lowest BCUT2D eigenvalue weighted by Gasteiger charge is -2.21. The molecule has 21 heavy (non-hydrogen) atoms. The van der Waals surface area contributed by atoms with E-state index in [9.17, 15) is 4.79 Å². The Balaban J connectivity index is 2.74. The molecule has 1 aliphatic carbocycles. The van der Waals surface area contributed by atoms with Crippen molar-refractivity contribution < 1.29 is 4.79 Å². The molecule has 0 N–H and O–H groups in total. The van der Waals surface area contributed by atoms with Crippen molar-refractivity contribution in [3.8, 4) is 0 Å². The van der Waals surface area contributed by atoms with Crippen molar-refractivity contribution >= 4 is 5.78 Å². The summed E-state index contributed by atoms with van der Waals surface area (Å²) in [6.07, 6.45) is 13.6. The van der Waals surface area contributed by atoms with Gasteiger partial charge in [0.05, 0.1) is 0 Å². The van der Waals surface area contributed by atoms with Gasteiger partial charge in [0.1, 0.15) is 0 Å². The summed E-state index contributed by atoms with van der Waals surface area (Å²) in [5.41, 5.74) is 3.74. The lowest BCUT2D eigenvalue weighted by atomic mass is 9.84. The Morgan fingerprint density at radius 2 is 2.14 bits per heavy atom. The molecule has 1 rings (SSSR count). The maximum Gasteiger partial charge on any atom is 0.155 e. The molecule has 2 atom stereocenters. The minimum absolute atomic E-state index is 0.249. The maximum atomic E-state index is 12.0. The summed E-state index contributed by atoms with van der Waals surface area (Å²) in [5.74, 6) is 1.08. The van der Waals surface area contributed by atoms with E-state index in [-0.39, 0.29) is 5.78 Å². The molecule has 0 amide bonds. The molecule has 0 aromatic carbocycles. The number of carbonyl (C=O) groups excluding carboxylic acids is 1. The van der Waals surface area contributed by atoms with Crippen molar-refractivity contribution in [3.63, 3.8) is 0 Å². The van der Waals surface area contributed by atoms with Gasteiger partial charge in [-0.15, -0.1) is 0 Å². The van der Waals surface area contributed by atoms with Crippen LogP contribution in [-0.4, -0.2) is 5.78 Å². The summed E-state index contributed by atoms with van der Waals surface area (Å²) >= 11 is 0. The van der Waals surface area contributed by atoms with Gasteiger partial charge in [-0.05, 0) is 64.4 Å². The number of hydrogen-bond donors (Lipinski definition) is 0. The largest absolute Gasteiger partial charge is 0.295 e. The SMILES string of the molecule is C=C1/C=C/[C@@H](C(C)CC(=O)C=C(C)C)CC/C(C)=C/CC1. The maximum absolute atomic E-state index is 12.0. The van der Waals surface area contributed by atoms with Crippen LogP contribution >= 0.6 is 0 Å². The van der Waals surface area contributed by atoms with Gasteiger partial charge in [-0.3, -0.25) is 4.79 Å². The van der Waals surface area contributed by atoms with Gasteiger partial charge in [-0.1, -0.05) is 48.5 Å². The molecule has 1 unspecified atom stereocenters. The van der Waals surface area contributed by atoms with Crippen LogP contribution in [0.1, 0.15) is 59.8 Å². The van der Waals surface area contributed by atoms with Crippen molar-refractivity contribution in [2.75, 3.05) is 0 Å². The number of hydrogen-bond acceptors (Lipinski definition) is 1. The molecule has 0 radical (unpaired) electrons. The van der Waals surface area contributed by atoms with E-state index in [4.69, 9.17) is 0 Å².